The van der Waals surface area contributed by atoms with Crippen LogP contribution in [-0.4, -0.2) is 33.3 Å². The fourth-order valence-corrected chi connectivity index (χ4v) is 1.05. The van der Waals surface area contributed by atoms with Crippen molar-refractivity contribution in [3.8, 4) is 0 Å². The van der Waals surface area contributed by atoms with Crippen molar-refractivity contribution in [1.29, 1.82) is 0 Å². The summed E-state index contributed by atoms with van der Waals surface area (Å²) in [5, 5.41) is 21.2. The molecule has 0 saturated carbocycles. The van der Waals surface area contributed by atoms with E-state index < -0.39 is 11.6 Å². The average Bonchev–Trinajstić information content (AvgIpc) is 2.16. The summed E-state index contributed by atoms with van der Waals surface area (Å²) in [6, 6.07) is 1.60. The van der Waals surface area contributed by atoms with Crippen molar-refractivity contribution < 1.29 is 15.0 Å². The molecule has 1 aromatic heterocycles. The summed E-state index contributed by atoms with van der Waals surface area (Å²) in [6.07, 6.45) is 2.95. The van der Waals surface area contributed by atoms with Gasteiger partial charge in [0.1, 0.15) is 0 Å². The molecule has 0 fully saturated rings. The minimum absolute atomic E-state index is 0.133. The number of carboxylic acids is 1. The molecule has 0 radical (unpaired) electrons. The highest BCUT2D eigenvalue weighted by Gasteiger charge is 2.29. The average molecular weight is 231 g/mol. The van der Waals surface area contributed by atoms with Crippen molar-refractivity contribution in [1.82, 2.24) is 4.98 Å². The minimum Gasteiger partial charge on any atom is -0.479 e. The van der Waals surface area contributed by atoms with Crippen molar-refractivity contribution in [2.75, 3.05) is 11.9 Å². The summed E-state index contributed by atoms with van der Waals surface area (Å²) in [7, 11) is 0. The molecule has 0 amide bonds. The lowest BCUT2D eigenvalue weighted by molar-refractivity contribution is -0.155. The monoisotopic (exact) mass is 230 g/mol. The molecule has 15 heavy (non-hydrogen) atoms. The van der Waals surface area contributed by atoms with Crippen LogP contribution in [0.25, 0.3) is 0 Å². The number of halogens is 1. The van der Waals surface area contributed by atoms with Crippen LogP contribution in [-0.2, 0) is 4.79 Å². The highest BCUT2D eigenvalue weighted by atomic mass is 35.5. The normalized spacial score (nSPS) is 14.3. The SMILES string of the molecule is CC(O)(CNc1ccncc1Cl)C(=O)O. The van der Waals surface area contributed by atoms with Crippen LogP contribution in [0.2, 0.25) is 5.02 Å². The third kappa shape index (κ3) is 3.07. The fraction of sp³-hybridized carbons (Fsp3) is 0.333. The van der Waals surface area contributed by atoms with E-state index in [1.165, 1.54) is 19.3 Å². The molecule has 0 aliphatic heterocycles. The number of pyridine rings is 1. The molecule has 0 spiro atoms. The number of carbonyl (C=O) groups is 1. The second-order valence-corrected chi connectivity index (χ2v) is 3.70. The summed E-state index contributed by atoms with van der Waals surface area (Å²) < 4.78 is 0. The van der Waals surface area contributed by atoms with Gasteiger partial charge in [-0.05, 0) is 13.0 Å². The highest BCUT2D eigenvalue weighted by Crippen LogP contribution is 2.19. The van der Waals surface area contributed by atoms with Crippen LogP contribution < -0.4 is 5.32 Å². The Morgan fingerprint density at radius 1 is 1.73 bits per heavy atom. The zero-order chi connectivity index (χ0) is 11.5. The highest BCUT2D eigenvalue weighted by molar-refractivity contribution is 6.33. The summed E-state index contributed by atoms with van der Waals surface area (Å²) in [6.45, 7) is 1.07. The van der Waals surface area contributed by atoms with E-state index in [-0.39, 0.29) is 6.54 Å². The smallest absolute Gasteiger partial charge is 0.337 e. The number of hydrogen-bond acceptors (Lipinski definition) is 4. The standard InChI is InChI=1S/C9H11ClN2O3/c1-9(15,8(13)14)5-12-7-2-3-11-4-6(7)10/h2-4,15H,5H2,1H3,(H,11,12)(H,13,14). The lowest BCUT2D eigenvalue weighted by atomic mass is 10.1. The summed E-state index contributed by atoms with van der Waals surface area (Å²) in [4.78, 5) is 14.4. The third-order valence-corrected chi connectivity index (χ3v) is 2.16. The number of aliphatic carboxylic acids is 1. The Morgan fingerprint density at radius 2 is 2.40 bits per heavy atom. The van der Waals surface area contributed by atoms with E-state index in [0.29, 0.717) is 10.7 Å². The molecule has 5 nitrogen and oxygen atoms in total. The molecule has 6 heteroatoms. The van der Waals surface area contributed by atoms with Crippen molar-refractivity contribution in [3.05, 3.63) is 23.5 Å². The Balaban J connectivity index is 2.66. The molecule has 1 aromatic rings. The first-order valence-electron chi connectivity index (χ1n) is 4.22. The summed E-state index contributed by atoms with van der Waals surface area (Å²) >= 11 is 5.78. The molecule has 0 saturated heterocycles. The number of anilines is 1. The number of carboxylic acid groups (broad SMARTS) is 1. The van der Waals surface area contributed by atoms with E-state index in [1.807, 2.05) is 0 Å². The molecule has 1 rings (SSSR count). The molecule has 1 unspecified atom stereocenters. The van der Waals surface area contributed by atoms with E-state index in [1.54, 1.807) is 6.07 Å². The largest absolute Gasteiger partial charge is 0.479 e. The van der Waals surface area contributed by atoms with Crippen LogP contribution in [0.1, 0.15) is 6.92 Å². The Labute approximate surface area is 91.7 Å². The maximum Gasteiger partial charge on any atom is 0.337 e. The van der Waals surface area contributed by atoms with Crippen LogP contribution in [0.4, 0.5) is 5.69 Å². The predicted molar refractivity (Wildman–Crippen MR) is 56.0 cm³/mol. The molecule has 82 valence electrons. The quantitative estimate of drug-likeness (QED) is 0.718. The lowest BCUT2D eigenvalue weighted by Gasteiger charge is -2.19. The van der Waals surface area contributed by atoms with Gasteiger partial charge in [-0.25, -0.2) is 4.79 Å². The molecular formula is C9H11ClN2O3. The van der Waals surface area contributed by atoms with Gasteiger partial charge in [0.05, 0.1) is 17.3 Å². The van der Waals surface area contributed by atoms with Crippen molar-refractivity contribution in [2.45, 2.75) is 12.5 Å². The fourth-order valence-electron chi connectivity index (χ4n) is 0.862. The van der Waals surface area contributed by atoms with Crippen molar-refractivity contribution in [2.24, 2.45) is 0 Å². The van der Waals surface area contributed by atoms with Crippen LogP contribution in [0, 0.1) is 0 Å². The minimum atomic E-state index is -1.83. The number of hydrogen-bond donors (Lipinski definition) is 3. The summed E-state index contributed by atoms with van der Waals surface area (Å²) in [5.41, 5.74) is -1.29. The van der Waals surface area contributed by atoms with Gasteiger partial charge in [0, 0.05) is 12.4 Å². The maximum absolute atomic E-state index is 10.6. The Bertz CT molecular complexity index is 368. The van der Waals surface area contributed by atoms with E-state index in [9.17, 15) is 9.90 Å². The molecule has 1 atom stereocenters. The summed E-state index contributed by atoms with van der Waals surface area (Å²) in [5.74, 6) is -1.29. The van der Waals surface area contributed by atoms with Gasteiger partial charge in [0.15, 0.2) is 5.60 Å². The molecule has 0 aromatic carbocycles. The van der Waals surface area contributed by atoms with E-state index in [2.05, 4.69) is 10.3 Å². The first kappa shape index (κ1) is 11.7. The molecule has 3 N–H and O–H groups in total. The van der Waals surface area contributed by atoms with E-state index in [4.69, 9.17) is 16.7 Å². The maximum atomic E-state index is 10.6. The van der Waals surface area contributed by atoms with Gasteiger partial charge in [-0.2, -0.15) is 0 Å². The van der Waals surface area contributed by atoms with Crippen LogP contribution in [0.5, 0.6) is 0 Å². The molecule has 1 heterocycles. The van der Waals surface area contributed by atoms with Gasteiger partial charge in [-0.1, -0.05) is 11.6 Å². The molecule has 0 aliphatic rings. The van der Waals surface area contributed by atoms with E-state index >= 15 is 0 Å². The zero-order valence-electron chi connectivity index (χ0n) is 8.07. The lowest BCUT2D eigenvalue weighted by Crippen LogP contribution is -2.41. The van der Waals surface area contributed by atoms with Crippen LogP contribution in [0.3, 0.4) is 0 Å². The third-order valence-electron chi connectivity index (χ3n) is 1.86. The first-order valence-corrected chi connectivity index (χ1v) is 4.60. The molecule has 0 bridgehead atoms. The number of nitrogens with one attached hydrogen (secondary N) is 1. The van der Waals surface area contributed by atoms with Crippen LogP contribution >= 0.6 is 11.6 Å². The molecular weight excluding hydrogens is 220 g/mol. The van der Waals surface area contributed by atoms with Gasteiger partial charge in [0.25, 0.3) is 0 Å². The molecule has 0 aliphatic carbocycles. The Kier molecular flexibility index (Phi) is 3.49. The van der Waals surface area contributed by atoms with Crippen molar-refractivity contribution in [3.63, 3.8) is 0 Å². The van der Waals surface area contributed by atoms with E-state index in [0.717, 1.165) is 0 Å². The van der Waals surface area contributed by atoms with Crippen LogP contribution in [0.15, 0.2) is 18.5 Å². The van der Waals surface area contributed by atoms with Gasteiger partial charge in [-0.15, -0.1) is 0 Å². The zero-order valence-corrected chi connectivity index (χ0v) is 8.82. The van der Waals surface area contributed by atoms with Gasteiger partial charge >= 0.3 is 5.97 Å². The van der Waals surface area contributed by atoms with Gasteiger partial charge < -0.3 is 15.5 Å². The van der Waals surface area contributed by atoms with Gasteiger partial charge in [-0.3, -0.25) is 4.98 Å². The van der Waals surface area contributed by atoms with Crippen molar-refractivity contribution >= 4 is 23.3 Å². The number of aromatic nitrogens is 1. The number of rotatable bonds is 4. The Hall–Kier alpha value is -1.33. The second kappa shape index (κ2) is 4.46. The Morgan fingerprint density at radius 3 is 2.93 bits per heavy atom. The first-order chi connectivity index (χ1) is 6.93. The predicted octanol–water partition coefficient (Wildman–Crippen LogP) is 0.982. The number of nitrogens with zero attached hydrogens (tertiary/aromatic N) is 1. The van der Waals surface area contributed by atoms with Gasteiger partial charge in [0.2, 0.25) is 0 Å². The number of aliphatic hydroxyl groups is 1. The topological polar surface area (TPSA) is 82.5 Å². The second-order valence-electron chi connectivity index (χ2n) is 3.29.